The number of nitrogens with zero attached hydrogens (tertiary/aromatic N) is 2. The number of nitrogens with two attached hydrogens (primary N) is 1. The summed E-state index contributed by atoms with van der Waals surface area (Å²) in [5.74, 6) is 0.0519. The van der Waals surface area contributed by atoms with Gasteiger partial charge in [0.05, 0.1) is 5.69 Å². The number of aromatic nitrogens is 2. The Balaban J connectivity index is 2.69. The normalized spacial score (nSPS) is 11.9. The summed E-state index contributed by atoms with van der Waals surface area (Å²) >= 11 is 0. The van der Waals surface area contributed by atoms with Gasteiger partial charge in [0.1, 0.15) is 4.90 Å². The highest BCUT2D eigenvalue weighted by Crippen LogP contribution is 2.20. The predicted octanol–water partition coefficient (Wildman–Crippen LogP) is 1.17. The van der Waals surface area contributed by atoms with E-state index in [2.05, 4.69) is 16.7 Å². The fraction of sp³-hybridized carbons (Fsp3) is 0.727. The van der Waals surface area contributed by atoms with E-state index in [9.17, 15) is 8.42 Å². The van der Waals surface area contributed by atoms with Crippen molar-refractivity contribution in [3.8, 4) is 0 Å². The molecule has 0 aliphatic carbocycles. The van der Waals surface area contributed by atoms with Crippen LogP contribution in [0.1, 0.15) is 38.3 Å². The molecule has 6 nitrogen and oxygen atoms in total. The van der Waals surface area contributed by atoms with Crippen molar-refractivity contribution >= 4 is 15.8 Å². The molecule has 1 rings (SSSR count). The van der Waals surface area contributed by atoms with E-state index in [1.165, 1.54) is 4.68 Å². The maximum atomic E-state index is 12.1. The second kappa shape index (κ2) is 6.19. The molecule has 0 fully saturated rings. The summed E-state index contributed by atoms with van der Waals surface area (Å²) < 4.78 is 28.2. The summed E-state index contributed by atoms with van der Waals surface area (Å²) in [6, 6.07) is 0. The van der Waals surface area contributed by atoms with Crippen LogP contribution in [0.25, 0.3) is 0 Å². The van der Waals surface area contributed by atoms with Gasteiger partial charge >= 0.3 is 0 Å². The zero-order chi connectivity index (χ0) is 13.8. The van der Waals surface area contributed by atoms with Gasteiger partial charge in [-0.25, -0.2) is 13.1 Å². The van der Waals surface area contributed by atoms with Crippen molar-refractivity contribution in [2.45, 2.75) is 44.4 Å². The Hall–Kier alpha value is -1.08. The number of hydrogen-bond acceptors (Lipinski definition) is 4. The van der Waals surface area contributed by atoms with Crippen molar-refractivity contribution < 1.29 is 8.42 Å². The Morgan fingerprint density at radius 1 is 1.33 bits per heavy atom. The van der Waals surface area contributed by atoms with Crippen LogP contribution in [0.3, 0.4) is 0 Å². The lowest BCUT2D eigenvalue weighted by molar-refractivity contribution is 0.573. The first kappa shape index (κ1) is 15.0. The number of sulfonamides is 1. The molecule has 0 unspecified atom stereocenters. The molecule has 0 atom stereocenters. The van der Waals surface area contributed by atoms with E-state index in [1.54, 1.807) is 14.0 Å². The van der Waals surface area contributed by atoms with Crippen LogP contribution in [0.4, 0.5) is 5.82 Å². The summed E-state index contributed by atoms with van der Waals surface area (Å²) in [4.78, 5) is 0.0977. The molecule has 0 radical (unpaired) electrons. The molecule has 1 heterocycles. The highest BCUT2D eigenvalue weighted by atomic mass is 32.2. The van der Waals surface area contributed by atoms with Crippen LogP contribution in [-0.4, -0.2) is 24.7 Å². The largest absolute Gasteiger partial charge is 0.381 e. The molecule has 0 saturated heterocycles. The molecule has 0 amide bonds. The van der Waals surface area contributed by atoms with Crippen LogP contribution in [0.15, 0.2) is 4.90 Å². The van der Waals surface area contributed by atoms with Crippen LogP contribution in [0.5, 0.6) is 0 Å². The first-order chi connectivity index (χ1) is 8.40. The maximum Gasteiger partial charge on any atom is 0.246 e. The molecule has 3 N–H and O–H groups in total. The van der Waals surface area contributed by atoms with E-state index < -0.39 is 10.0 Å². The van der Waals surface area contributed by atoms with Crippen molar-refractivity contribution in [1.29, 1.82) is 0 Å². The summed E-state index contributed by atoms with van der Waals surface area (Å²) in [5.41, 5.74) is 6.18. The maximum absolute atomic E-state index is 12.1. The molecule has 0 aromatic carbocycles. The lowest BCUT2D eigenvalue weighted by atomic mass is 10.2. The van der Waals surface area contributed by atoms with Crippen molar-refractivity contribution in [1.82, 2.24) is 14.5 Å². The van der Waals surface area contributed by atoms with E-state index >= 15 is 0 Å². The van der Waals surface area contributed by atoms with E-state index in [1.807, 2.05) is 0 Å². The monoisotopic (exact) mass is 274 g/mol. The third kappa shape index (κ3) is 3.46. The Bertz CT molecular complexity index is 493. The number of anilines is 1. The van der Waals surface area contributed by atoms with E-state index in [0.29, 0.717) is 12.2 Å². The number of hydrogen-bond donors (Lipinski definition) is 2. The number of aryl methyl sites for hydroxylation is 1. The fourth-order valence-electron chi connectivity index (χ4n) is 1.78. The van der Waals surface area contributed by atoms with Crippen LogP contribution in [0, 0.1) is 6.92 Å². The molecule has 0 saturated carbocycles. The third-order valence-corrected chi connectivity index (χ3v) is 4.52. The highest BCUT2D eigenvalue weighted by molar-refractivity contribution is 7.89. The van der Waals surface area contributed by atoms with Crippen LogP contribution in [0.2, 0.25) is 0 Å². The molecular weight excluding hydrogens is 252 g/mol. The lowest BCUT2D eigenvalue weighted by Gasteiger charge is -2.06. The van der Waals surface area contributed by atoms with Gasteiger partial charge in [-0.2, -0.15) is 5.10 Å². The van der Waals surface area contributed by atoms with Crippen molar-refractivity contribution in [3.05, 3.63) is 5.69 Å². The SMILES string of the molecule is CCCCCCNS(=O)(=O)c1c(N)nn(C)c1C. The zero-order valence-corrected chi connectivity index (χ0v) is 12.0. The van der Waals surface area contributed by atoms with Gasteiger partial charge in [-0.15, -0.1) is 0 Å². The molecule has 0 aliphatic rings. The van der Waals surface area contributed by atoms with Gasteiger partial charge in [-0.3, -0.25) is 4.68 Å². The molecule has 0 spiro atoms. The summed E-state index contributed by atoms with van der Waals surface area (Å²) in [7, 11) is -1.87. The van der Waals surface area contributed by atoms with Gasteiger partial charge in [0, 0.05) is 13.6 Å². The minimum Gasteiger partial charge on any atom is -0.381 e. The molecule has 0 bridgehead atoms. The van der Waals surface area contributed by atoms with Gasteiger partial charge in [0.2, 0.25) is 10.0 Å². The number of unbranched alkanes of at least 4 members (excludes halogenated alkanes) is 3. The number of rotatable bonds is 7. The Labute approximate surface area is 109 Å². The molecule has 7 heteroatoms. The van der Waals surface area contributed by atoms with Gasteiger partial charge in [0.25, 0.3) is 0 Å². The highest BCUT2D eigenvalue weighted by Gasteiger charge is 2.23. The van der Waals surface area contributed by atoms with Crippen LogP contribution < -0.4 is 10.5 Å². The van der Waals surface area contributed by atoms with Crippen LogP contribution >= 0.6 is 0 Å². The smallest absolute Gasteiger partial charge is 0.246 e. The first-order valence-corrected chi connectivity index (χ1v) is 7.67. The standard InChI is InChI=1S/C11H22N4O2S/c1-4-5-6-7-8-13-18(16,17)10-9(2)15(3)14-11(10)12/h13H,4-8H2,1-3H3,(H2,12,14). The van der Waals surface area contributed by atoms with E-state index in [4.69, 9.17) is 5.73 Å². The molecule has 18 heavy (non-hydrogen) atoms. The molecular formula is C11H22N4O2S. The minimum atomic E-state index is -3.55. The fourth-order valence-corrected chi connectivity index (χ4v) is 3.17. The Morgan fingerprint density at radius 2 is 2.00 bits per heavy atom. The van der Waals surface area contributed by atoms with Crippen molar-refractivity contribution in [3.63, 3.8) is 0 Å². The Morgan fingerprint density at radius 3 is 2.50 bits per heavy atom. The van der Waals surface area contributed by atoms with Gasteiger partial charge in [0.15, 0.2) is 5.82 Å². The second-order valence-electron chi connectivity index (χ2n) is 4.38. The zero-order valence-electron chi connectivity index (χ0n) is 11.2. The molecule has 1 aromatic heterocycles. The van der Waals surface area contributed by atoms with Crippen molar-refractivity contribution in [2.24, 2.45) is 7.05 Å². The summed E-state index contributed by atoms with van der Waals surface area (Å²) in [5, 5.41) is 3.91. The van der Waals surface area contributed by atoms with Gasteiger partial charge in [-0.1, -0.05) is 26.2 Å². The van der Waals surface area contributed by atoms with E-state index in [-0.39, 0.29) is 10.7 Å². The summed E-state index contributed by atoms with van der Waals surface area (Å²) in [6.45, 7) is 4.25. The van der Waals surface area contributed by atoms with Gasteiger partial charge in [-0.05, 0) is 13.3 Å². The number of nitrogens with one attached hydrogen (secondary N) is 1. The Kier molecular flexibility index (Phi) is 5.15. The topological polar surface area (TPSA) is 90.0 Å². The average molecular weight is 274 g/mol. The second-order valence-corrected chi connectivity index (χ2v) is 6.09. The third-order valence-electron chi connectivity index (χ3n) is 2.90. The van der Waals surface area contributed by atoms with Gasteiger partial charge < -0.3 is 5.73 Å². The number of nitrogen functional groups attached to an aromatic ring is 1. The molecule has 0 aliphatic heterocycles. The minimum absolute atomic E-state index is 0.0519. The predicted molar refractivity (Wildman–Crippen MR) is 71.7 cm³/mol. The first-order valence-electron chi connectivity index (χ1n) is 6.19. The van der Waals surface area contributed by atoms with Crippen LogP contribution in [-0.2, 0) is 17.1 Å². The average Bonchev–Trinajstić information content (AvgIpc) is 2.53. The molecule has 1 aromatic rings. The van der Waals surface area contributed by atoms with E-state index in [0.717, 1.165) is 25.7 Å². The lowest BCUT2D eigenvalue weighted by Crippen LogP contribution is -2.26. The molecule has 104 valence electrons. The van der Waals surface area contributed by atoms with Crippen molar-refractivity contribution in [2.75, 3.05) is 12.3 Å². The summed E-state index contributed by atoms with van der Waals surface area (Å²) in [6.07, 6.45) is 4.12. The quantitative estimate of drug-likeness (QED) is 0.730.